The van der Waals surface area contributed by atoms with Gasteiger partial charge in [-0.15, -0.1) is 0 Å². The molecule has 0 radical (unpaired) electrons. The lowest BCUT2D eigenvalue weighted by molar-refractivity contribution is 0.284. The Bertz CT molecular complexity index is 455. The van der Waals surface area contributed by atoms with Crippen molar-refractivity contribution in [2.45, 2.75) is 6.04 Å². The number of quaternary nitrogens is 1. The number of rotatable bonds is 3. The van der Waals surface area contributed by atoms with Gasteiger partial charge in [0, 0.05) is 0 Å². The molecule has 1 saturated heterocycles. The van der Waals surface area contributed by atoms with Gasteiger partial charge in [-0.25, -0.2) is 4.48 Å². The Morgan fingerprint density at radius 3 is 1.71 bits per heavy atom. The molecule has 3 rings (SSSR count). The zero-order valence-corrected chi connectivity index (χ0v) is 9.66. The van der Waals surface area contributed by atoms with E-state index in [0.29, 0.717) is 6.04 Å². The maximum Gasteiger partial charge on any atom is 0.172 e. The molecule has 2 nitrogen and oxygen atoms in total. The smallest absolute Gasteiger partial charge is 0.172 e. The number of aliphatic hydroxyl groups excluding tert-OH is 1. The molecule has 0 saturated carbocycles. The third-order valence-electron chi connectivity index (χ3n) is 3.63. The van der Waals surface area contributed by atoms with E-state index in [0.717, 1.165) is 11.0 Å². The summed E-state index contributed by atoms with van der Waals surface area (Å²) in [5.74, 6) is 0. The second kappa shape index (κ2) is 3.99. The van der Waals surface area contributed by atoms with E-state index in [1.165, 1.54) is 11.4 Å². The molecule has 1 unspecified atom stereocenters. The van der Waals surface area contributed by atoms with Crippen LogP contribution in [0.1, 0.15) is 0 Å². The van der Waals surface area contributed by atoms with Crippen molar-refractivity contribution < 1.29 is 5.11 Å². The van der Waals surface area contributed by atoms with Crippen molar-refractivity contribution in [3.05, 3.63) is 60.7 Å². The summed E-state index contributed by atoms with van der Waals surface area (Å²) in [5, 5.41) is 9.45. The number of hydrogen-bond acceptors (Lipinski definition) is 1. The number of benzene rings is 2. The standard InChI is InChI=1S/C15H16NO/c17-12-15-11-16(15,13-7-3-1-4-8-13)14-9-5-2-6-10-14/h1-10,15,17H,11-12H2/q+1. The van der Waals surface area contributed by atoms with Crippen molar-refractivity contribution in [2.24, 2.45) is 0 Å². The zero-order valence-electron chi connectivity index (χ0n) is 9.66. The van der Waals surface area contributed by atoms with Gasteiger partial charge in [0.25, 0.3) is 0 Å². The first-order valence-corrected chi connectivity index (χ1v) is 5.98. The molecule has 17 heavy (non-hydrogen) atoms. The predicted octanol–water partition coefficient (Wildman–Crippen LogP) is 2.70. The van der Waals surface area contributed by atoms with Gasteiger partial charge >= 0.3 is 0 Å². The minimum absolute atomic E-state index is 0.240. The lowest BCUT2D eigenvalue weighted by Crippen LogP contribution is -2.24. The minimum atomic E-state index is 0.240. The SMILES string of the molecule is OCC1C[N+]1(c1ccccc1)c1ccccc1. The van der Waals surface area contributed by atoms with E-state index in [4.69, 9.17) is 0 Å². The van der Waals surface area contributed by atoms with Gasteiger partial charge in [0.05, 0.1) is 0 Å². The first-order valence-electron chi connectivity index (χ1n) is 5.98. The molecule has 1 fully saturated rings. The molecule has 0 aliphatic carbocycles. The molecular weight excluding hydrogens is 210 g/mol. The van der Waals surface area contributed by atoms with Crippen LogP contribution in [0.5, 0.6) is 0 Å². The normalized spacial score (nSPS) is 21.1. The summed E-state index contributed by atoms with van der Waals surface area (Å²) >= 11 is 0. The lowest BCUT2D eigenvalue weighted by Gasteiger charge is -2.19. The van der Waals surface area contributed by atoms with Gasteiger partial charge in [0.2, 0.25) is 0 Å². The second-order valence-electron chi connectivity index (χ2n) is 4.56. The zero-order chi connectivity index (χ0) is 11.7. The first kappa shape index (κ1) is 10.5. The van der Waals surface area contributed by atoms with Crippen molar-refractivity contribution in [3.8, 4) is 0 Å². The van der Waals surface area contributed by atoms with Gasteiger partial charge in [-0.2, -0.15) is 0 Å². The van der Waals surface area contributed by atoms with Crippen LogP contribution in [0.4, 0.5) is 11.4 Å². The molecule has 1 aliphatic rings. The maximum atomic E-state index is 9.45. The summed E-state index contributed by atoms with van der Waals surface area (Å²) < 4.78 is 0.790. The van der Waals surface area contributed by atoms with E-state index in [2.05, 4.69) is 48.5 Å². The molecule has 86 valence electrons. The summed E-state index contributed by atoms with van der Waals surface area (Å²) in [6.07, 6.45) is 0. The van der Waals surface area contributed by atoms with Crippen LogP contribution in [0.2, 0.25) is 0 Å². The van der Waals surface area contributed by atoms with Crippen LogP contribution < -0.4 is 4.48 Å². The Morgan fingerprint density at radius 2 is 1.35 bits per heavy atom. The number of hydrogen-bond donors (Lipinski definition) is 1. The van der Waals surface area contributed by atoms with E-state index >= 15 is 0 Å². The number of aliphatic hydroxyl groups is 1. The minimum Gasteiger partial charge on any atom is -0.390 e. The Kier molecular flexibility index (Phi) is 2.46. The molecule has 1 atom stereocenters. The van der Waals surface area contributed by atoms with Crippen LogP contribution in [0.15, 0.2) is 60.7 Å². The van der Waals surface area contributed by atoms with Gasteiger partial charge in [0.1, 0.15) is 24.5 Å². The summed E-state index contributed by atoms with van der Waals surface area (Å²) in [7, 11) is 0. The van der Waals surface area contributed by atoms with Crippen molar-refractivity contribution in [1.82, 2.24) is 4.48 Å². The third kappa shape index (κ3) is 1.57. The average Bonchev–Trinajstić information content (AvgIpc) is 3.17. The quantitative estimate of drug-likeness (QED) is 0.630. The fraction of sp³-hybridized carbons (Fsp3) is 0.200. The number of nitrogens with zero attached hydrogens (tertiary/aromatic N) is 1. The summed E-state index contributed by atoms with van der Waals surface area (Å²) in [4.78, 5) is 0. The second-order valence-corrected chi connectivity index (χ2v) is 4.56. The molecule has 1 aliphatic heterocycles. The van der Waals surface area contributed by atoms with Crippen LogP contribution in [-0.2, 0) is 0 Å². The van der Waals surface area contributed by atoms with E-state index in [-0.39, 0.29) is 6.61 Å². The fourth-order valence-corrected chi connectivity index (χ4v) is 2.65. The Hall–Kier alpha value is -1.64. The molecule has 2 aromatic carbocycles. The highest BCUT2D eigenvalue weighted by molar-refractivity contribution is 5.64. The molecule has 2 aromatic rings. The molecule has 2 heteroatoms. The van der Waals surface area contributed by atoms with Crippen LogP contribution in [0, 0.1) is 0 Å². The molecule has 1 N–H and O–H groups in total. The monoisotopic (exact) mass is 226 g/mol. The largest absolute Gasteiger partial charge is 0.390 e. The highest BCUT2D eigenvalue weighted by atomic mass is 16.3. The molecule has 0 aromatic heterocycles. The van der Waals surface area contributed by atoms with E-state index in [9.17, 15) is 5.11 Å². The molecule has 0 amide bonds. The van der Waals surface area contributed by atoms with Crippen molar-refractivity contribution in [1.29, 1.82) is 0 Å². The third-order valence-corrected chi connectivity index (χ3v) is 3.63. The van der Waals surface area contributed by atoms with Crippen molar-refractivity contribution in [3.63, 3.8) is 0 Å². The number of para-hydroxylation sites is 2. The van der Waals surface area contributed by atoms with Gasteiger partial charge in [-0.1, -0.05) is 36.4 Å². The highest BCUT2D eigenvalue weighted by Crippen LogP contribution is 2.47. The predicted molar refractivity (Wildman–Crippen MR) is 70.1 cm³/mol. The maximum absolute atomic E-state index is 9.45. The van der Waals surface area contributed by atoms with Gasteiger partial charge < -0.3 is 5.11 Å². The highest BCUT2D eigenvalue weighted by Gasteiger charge is 2.58. The van der Waals surface area contributed by atoms with Gasteiger partial charge in [0.15, 0.2) is 6.04 Å². The Morgan fingerprint density at radius 1 is 0.882 bits per heavy atom. The summed E-state index contributed by atoms with van der Waals surface area (Å²) in [6, 6.07) is 21.2. The van der Waals surface area contributed by atoms with Crippen molar-refractivity contribution >= 4 is 11.4 Å². The average molecular weight is 226 g/mol. The van der Waals surface area contributed by atoms with E-state index in [1.54, 1.807) is 0 Å². The van der Waals surface area contributed by atoms with Gasteiger partial charge in [-0.05, 0) is 24.3 Å². The van der Waals surface area contributed by atoms with E-state index < -0.39 is 0 Å². The van der Waals surface area contributed by atoms with Crippen LogP contribution in [-0.4, -0.2) is 24.3 Å². The Labute approximate surface area is 101 Å². The molecular formula is C15H16NO+. The van der Waals surface area contributed by atoms with Crippen LogP contribution in [0.25, 0.3) is 0 Å². The van der Waals surface area contributed by atoms with Crippen LogP contribution in [0.3, 0.4) is 0 Å². The van der Waals surface area contributed by atoms with Crippen molar-refractivity contribution in [2.75, 3.05) is 13.2 Å². The first-order chi connectivity index (χ1) is 8.38. The molecule has 0 bridgehead atoms. The van der Waals surface area contributed by atoms with Crippen LogP contribution >= 0.6 is 0 Å². The summed E-state index contributed by atoms with van der Waals surface area (Å²) in [5.41, 5.74) is 2.52. The topological polar surface area (TPSA) is 20.2 Å². The lowest BCUT2D eigenvalue weighted by atomic mass is 10.2. The fourth-order valence-electron chi connectivity index (χ4n) is 2.65. The molecule has 1 heterocycles. The van der Waals surface area contributed by atoms with Gasteiger partial charge in [-0.3, -0.25) is 0 Å². The van der Waals surface area contributed by atoms with E-state index in [1.807, 2.05) is 12.1 Å². The summed E-state index contributed by atoms with van der Waals surface area (Å²) in [6.45, 7) is 1.23. The Balaban J connectivity index is 2.08. The molecule has 0 spiro atoms.